The van der Waals surface area contributed by atoms with E-state index in [4.69, 9.17) is 4.74 Å². The number of hydrogen-bond donors (Lipinski definition) is 0. The number of ether oxygens (including phenoxy) is 1. The molecule has 2 aliphatic heterocycles. The number of methoxy groups -OCH3 is 1. The number of amidine groups is 1. The van der Waals surface area contributed by atoms with Crippen LogP contribution in [0.25, 0.3) is 5.57 Å². The van der Waals surface area contributed by atoms with Crippen molar-refractivity contribution in [3.63, 3.8) is 0 Å². The predicted molar refractivity (Wildman–Crippen MR) is 103 cm³/mol. The monoisotopic (exact) mass is 368 g/mol. The zero-order chi connectivity index (χ0) is 19.7. The molecule has 0 aromatic heterocycles. The molecule has 1 atom stereocenters. The molecule has 136 valence electrons. The smallest absolute Gasteiger partial charge is 0.257 e. The molecule has 0 saturated carbocycles. The molecule has 2 heterocycles. The van der Waals surface area contributed by atoms with E-state index in [9.17, 15) is 15.3 Å². The highest BCUT2D eigenvalue weighted by molar-refractivity contribution is 6.22. The second kappa shape index (κ2) is 6.68. The summed E-state index contributed by atoms with van der Waals surface area (Å²) in [5.74, 6) is 0.852. The maximum atomic E-state index is 13.6. The summed E-state index contributed by atoms with van der Waals surface area (Å²) in [5.41, 5.74) is 0.291. The Labute approximate surface area is 162 Å². The number of carbonyl (C=O) groups is 1. The maximum Gasteiger partial charge on any atom is 0.257 e. The van der Waals surface area contributed by atoms with Gasteiger partial charge >= 0.3 is 0 Å². The van der Waals surface area contributed by atoms with Crippen LogP contribution in [0.15, 0.2) is 59.6 Å². The number of carbonyl (C=O) groups excluding carboxylic acids is 1. The van der Waals surface area contributed by atoms with Crippen molar-refractivity contribution in [2.24, 2.45) is 4.99 Å². The molecule has 1 amide bonds. The molecule has 6 heteroatoms. The standard InChI is InChI=1S/C22H16N4O2/c1-28-17-8-6-15(7-9-17)19-12-20-25-10-11-26(20)21(27)22(19,14-24)18-5-3-2-4-16(18)13-23/h2-9,12H,10-11H2,1H3/t22-/m1/s1. The fourth-order valence-corrected chi connectivity index (χ4v) is 3.76. The van der Waals surface area contributed by atoms with E-state index in [1.165, 1.54) is 4.90 Å². The summed E-state index contributed by atoms with van der Waals surface area (Å²) in [5, 5.41) is 19.9. The van der Waals surface area contributed by atoms with Crippen molar-refractivity contribution in [1.82, 2.24) is 4.90 Å². The Morgan fingerprint density at radius 3 is 2.57 bits per heavy atom. The summed E-state index contributed by atoms with van der Waals surface area (Å²) >= 11 is 0. The van der Waals surface area contributed by atoms with E-state index in [-0.39, 0.29) is 5.91 Å². The van der Waals surface area contributed by atoms with Crippen LogP contribution in [0.1, 0.15) is 16.7 Å². The molecule has 0 N–H and O–H groups in total. The van der Waals surface area contributed by atoms with Crippen LogP contribution >= 0.6 is 0 Å². The second-order valence-corrected chi connectivity index (χ2v) is 6.50. The Kier molecular flexibility index (Phi) is 4.18. The normalized spacial score (nSPS) is 20.5. The molecule has 0 fully saturated rings. The summed E-state index contributed by atoms with van der Waals surface area (Å²) in [6.07, 6.45) is 1.79. The summed E-state index contributed by atoms with van der Waals surface area (Å²) < 4.78 is 5.22. The van der Waals surface area contributed by atoms with Crippen LogP contribution in [0.5, 0.6) is 5.75 Å². The van der Waals surface area contributed by atoms with Crippen LogP contribution in [0.4, 0.5) is 0 Å². The largest absolute Gasteiger partial charge is 0.497 e. The minimum absolute atomic E-state index is 0.302. The van der Waals surface area contributed by atoms with Crippen LogP contribution in [0, 0.1) is 22.7 Å². The molecule has 0 aliphatic carbocycles. The van der Waals surface area contributed by atoms with E-state index in [2.05, 4.69) is 17.1 Å². The zero-order valence-corrected chi connectivity index (χ0v) is 15.2. The van der Waals surface area contributed by atoms with Crippen molar-refractivity contribution in [2.45, 2.75) is 5.41 Å². The summed E-state index contributed by atoms with van der Waals surface area (Å²) in [6.45, 7) is 0.924. The first-order valence-electron chi connectivity index (χ1n) is 8.79. The lowest BCUT2D eigenvalue weighted by atomic mass is 9.68. The van der Waals surface area contributed by atoms with Gasteiger partial charge in [-0.15, -0.1) is 0 Å². The zero-order valence-electron chi connectivity index (χ0n) is 15.2. The first-order chi connectivity index (χ1) is 13.7. The van der Waals surface area contributed by atoms with Gasteiger partial charge in [0, 0.05) is 12.1 Å². The van der Waals surface area contributed by atoms with Gasteiger partial charge in [-0.05, 0) is 35.4 Å². The number of hydrogen-bond acceptors (Lipinski definition) is 5. The fourth-order valence-electron chi connectivity index (χ4n) is 3.76. The van der Waals surface area contributed by atoms with Crippen molar-refractivity contribution >= 4 is 17.3 Å². The molecule has 0 radical (unpaired) electrons. The Balaban J connectivity index is 2.02. The molecule has 6 nitrogen and oxygen atoms in total. The fraction of sp³-hybridized carbons (Fsp3) is 0.182. The summed E-state index contributed by atoms with van der Waals surface area (Å²) in [7, 11) is 1.58. The van der Waals surface area contributed by atoms with Crippen molar-refractivity contribution in [1.29, 1.82) is 10.5 Å². The molecule has 4 rings (SSSR count). The van der Waals surface area contributed by atoms with Gasteiger partial charge in [-0.1, -0.05) is 30.3 Å². The molecular weight excluding hydrogens is 352 g/mol. The lowest BCUT2D eigenvalue weighted by Crippen LogP contribution is -2.51. The van der Waals surface area contributed by atoms with Gasteiger partial charge in [-0.25, -0.2) is 0 Å². The minimum Gasteiger partial charge on any atom is -0.497 e. The van der Waals surface area contributed by atoms with Crippen molar-refractivity contribution in [2.75, 3.05) is 20.2 Å². The van der Waals surface area contributed by atoms with Crippen molar-refractivity contribution in [3.05, 3.63) is 71.3 Å². The number of nitriles is 2. The van der Waals surface area contributed by atoms with Gasteiger partial charge in [0.05, 0.1) is 31.4 Å². The predicted octanol–water partition coefficient (Wildman–Crippen LogP) is 2.67. The summed E-state index contributed by atoms with van der Waals surface area (Å²) in [4.78, 5) is 19.5. The van der Waals surface area contributed by atoms with Gasteiger partial charge in [-0.2, -0.15) is 10.5 Å². The second-order valence-electron chi connectivity index (χ2n) is 6.50. The highest BCUT2D eigenvalue weighted by atomic mass is 16.5. The molecule has 0 unspecified atom stereocenters. The Morgan fingerprint density at radius 1 is 1.14 bits per heavy atom. The van der Waals surface area contributed by atoms with E-state index in [0.717, 1.165) is 0 Å². The third kappa shape index (κ3) is 2.39. The van der Waals surface area contributed by atoms with Crippen LogP contribution < -0.4 is 4.74 Å². The molecule has 2 aliphatic rings. The number of nitrogens with zero attached hydrogens (tertiary/aromatic N) is 4. The molecule has 0 bridgehead atoms. The third-order valence-corrected chi connectivity index (χ3v) is 5.14. The lowest BCUT2D eigenvalue weighted by molar-refractivity contribution is -0.129. The highest BCUT2D eigenvalue weighted by Gasteiger charge is 2.52. The van der Waals surface area contributed by atoms with Gasteiger partial charge in [0.15, 0.2) is 5.41 Å². The molecular formula is C22H16N4O2. The van der Waals surface area contributed by atoms with Gasteiger partial charge in [0.1, 0.15) is 11.6 Å². The van der Waals surface area contributed by atoms with Crippen LogP contribution in [-0.4, -0.2) is 36.8 Å². The summed E-state index contributed by atoms with van der Waals surface area (Å²) in [6, 6.07) is 18.3. The Bertz CT molecular complexity index is 1100. The molecule has 0 spiro atoms. The van der Waals surface area contributed by atoms with Gasteiger partial charge in [0.25, 0.3) is 5.91 Å². The first kappa shape index (κ1) is 17.5. The van der Waals surface area contributed by atoms with Gasteiger partial charge in [-0.3, -0.25) is 14.7 Å². The number of rotatable bonds is 3. The number of aliphatic imine (C=N–C) groups is 1. The van der Waals surface area contributed by atoms with Crippen LogP contribution in [-0.2, 0) is 10.2 Å². The highest BCUT2D eigenvalue weighted by Crippen LogP contribution is 2.44. The van der Waals surface area contributed by atoms with E-state index < -0.39 is 5.41 Å². The number of amides is 1. The minimum atomic E-state index is -1.62. The van der Waals surface area contributed by atoms with Gasteiger partial charge < -0.3 is 4.74 Å². The maximum absolute atomic E-state index is 13.6. The van der Waals surface area contributed by atoms with Crippen LogP contribution in [0.2, 0.25) is 0 Å². The van der Waals surface area contributed by atoms with Crippen LogP contribution in [0.3, 0.4) is 0 Å². The number of benzene rings is 2. The van der Waals surface area contributed by atoms with Gasteiger partial charge in [0.2, 0.25) is 0 Å². The molecule has 2 aromatic rings. The molecule has 0 saturated heterocycles. The van der Waals surface area contributed by atoms with E-state index >= 15 is 0 Å². The average molecular weight is 368 g/mol. The average Bonchev–Trinajstić information content (AvgIpc) is 3.23. The molecule has 28 heavy (non-hydrogen) atoms. The lowest BCUT2D eigenvalue weighted by Gasteiger charge is -2.37. The quantitative estimate of drug-likeness (QED) is 0.833. The Hall–Kier alpha value is -3.90. The van der Waals surface area contributed by atoms with E-state index in [1.54, 1.807) is 49.6 Å². The topological polar surface area (TPSA) is 89.5 Å². The molecule has 2 aromatic carbocycles. The SMILES string of the molecule is COc1ccc(C2=CC3=NCCN3C(=O)[C@]2(C#N)c2ccccc2C#N)cc1. The van der Waals surface area contributed by atoms with E-state index in [1.807, 2.05) is 12.1 Å². The van der Waals surface area contributed by atoms with Crippen molar-refractivity contribution < 1.29 is 9.53 Å². The Morgan fingerprint density at radius 2 is 1.89 bits per heavy atom. The van der Waals surface area contributed by atoms with Crippen molar-refractivity contribution in [3.8, 4) is 17.9 Å². The van der Waals surface area contributed by atoms with E-state index in [0.29, 0.717) is 46.9 Å². The number of fused-ring (bicyclic) bond motifs is 1. The third-order valence-electron chi connectivity index (χ3n) is 5.14. The first-order valence-corrected chi connectivity index (χ1v) is 8.79.